The molecule has 1 saturated heterocycles. The second kappa shape index (κ2) is 9.32. The molecule has 0 aliphatic carbocycles. The highest BCUT2D eigenvalue weighted by molar-refractivity contribution is 8.26. The molecule has 1 unspecified atom stereocenters. The van der Waals surface area contributed by atoms with Crippen molar-refractivity contribution in [1.82, 2.24) is 20.2 Å². The maximum absolute atomic E-state index is 13.1. The summed E-state index contributed by atoms with van der Waals surface area (Å²) in [5, 5.41) is 2.88. The summed E-state index contributed by atoms with van der Waals surface area (Å²) in [6.07, 6.45) is 5.56. The fourth-order valence-corrected chi connectivity index (χ4v) is 4.32. The normalized spacial score (nSPS) is 16.7. The number of nitrogens with one attached hydrogen (secondary N) is 2. The largest absolute Gasteiger partial charge is 0.354 e. The van der Waals surface area contributed by atoms with Gasteiger partial charge in [0.05, 0.1) is 11.2 Å². The highest BCUT2D eigenvalue weighted by Gasteiger charge is 2.41. The molecule has 2 aromatic rings. The van der Waals surface area contributed by atoms with Crippen LogP contribution in [0, 0.1) is 11.7 Å². The summed E-state index contributed by atoms with van der Waals surface area (Å²) in [5.41, 5.74) is 1.61. The van der Waals surface area contributed by atoms with Gasteiger partial charge in [0.15, 0.2) is 0 Å². The third-order valence-corrected chi connectivity index (χ3v) is 5.75. The van der Waals surface area contributed by atoms with Crippen molar-refractivity contribution in [3.8, 4) is 0 Å². The quantitative estimate of drug-likeness (QED) is 0.519. The van der Waals surface area contributed by atoms with E-state index in [9.17, 15) is 14.0 Å². The van der Waals surface area contributed by atoms with E-state index in [1.807, 2.05) is 13.8 Å². The Morgan fingerprint density at radius 2 is 2.10 bits per heavy atom. The van der Waals surface area contributed by atoms with Gasteiger partial charge in [0.25, 0.3) is 5.91 Å². The van der Waals surface area contributed by atoms with E-state index in [1.54, 1.807) is 30.7 Å². The van der Waals surface area contributed by atoms with Gasteiger partial charge in [-0.3, -0.25) is 14.5 Å². The molecule has 0 saturated carbocycles. The number of benzene rings is 1. The van der Waals surface area contributed by atoms with Crippen LogP contribution >= 0.6 is 24.0 Å². The number of amides is 2. The summed E-state index contributed by atoms with van der Waals surface area (Å²) in [7, 11) is 0. The number of hydrogen-bond donors (Lipinski definition) is 2. The molecule has 152 valence electrons. The lowest BCUT2D eigenvalue weighted by atomic mass is 10.0. The first kappa shape index (κ1) is 21.2. The van der Waals surface area contributed by atoms with E-state index in [4.69, 9.17) is 12.2 Å². The van der Waals surface area contributed by atoms with Crippen LogP contribution in [0.1, 0.15) is 25.1 Å². The summed E-state index contributed by atoms with van der Waals surface area (Å²) < 4.78 is 13.4. The second-order valence-electron chi connectivity index (χ2n) is 6.91. The van der Waals surface area contributed by atoms with Crippen LogP contribution < -0.4 is 5.32 Å². The molecule has 2 heterocycles. The van der Waals surface area contributed by atoms with E-state index in [1.165, 1.54) is 17.0 Å². The Morgan fingerprint density at radius 1 is 1.38 bits per heavy atom. The smallest absolute Gasteiger partial charge is 0.266 e. The maximum atomic E-state index is 13.1. The molecular formula is C20H21FN4O2S2. The van der Waals surface area contributed by atoms with Gasteiger partial charge in [0.1, 0.15) is 16.2 Å². The molecule has 1 atom stereocenters. The minimum Gasteiger partial charge on any atom is -0.354 e. The van der Waals surface area contributed by atoms with Crippen LogP contribution in [0.15, 0.2) is 41.7 Å². The molecule has 1 fully saturated rings. The first-order valence-corrected chi connectivity index (χ1v) is 10.4. The predicted molar refractivity (Wildman–Crippen MR) is 115 cm³/mol. The number of nitrogens with zero attached hydrogens (tertiary/aromatic N) is 2. The van der Waals surface area contributed by atoms with Gasteiger partial charge in [-0.1, -0.05) is 50.0 Å². The van der Waals surface area contributed by atoms with Crippen LogP contribution in [0.25, 0.3) is 6.08 Å². The minimum absolute atomic E-state index is 0.130. The molecule has 1 aliphatic rings. The fraction of sp³-hybridized carbons (Fsp3) is 0.300. The summed E-state index contributed by atoms with van der Waals surface area (Å²) in [6.45, 7) is 4.17. The number of thiocarbonyl (C=S) groups is 1. The highest BCUT2D eigenvalue weighted by atomic mass is 32.2. The lowest BCUT2D eigenvalue weighted by molar-refractivity contribution is -0.134. The molecule has 2 amide bonds. The molecule has 0 bridgehead atoms. The number of carbonyl (C=O) groups excluding carboxylic acids is 2. The Hall–Kier alpha value is -2.52. The SMILES string of the molecule is CC(C)C(C(=O)NCCc1cnc[nH]1)N1C(=O)C(=Cc2ccc(F)cc2)SC1=S. The molecule has 29 heavy (non-hydrogen) atoms. The van der Waals surface area contributed by atoms with E-state index < -0.39 is 6.04 Å². The van der Waals surface area contributed by atoms with Gasteiger partial charge in [-0.25, -0.2) is 9.37 Å². The van der Waals surface area contributed by atoms with Crippen LogP contribution in [0.2, 0.25) is 0 Å². The van der Waals surface area contributed by atoms with Gasteiger partial charge in [0.2, 0.25) is 5.91 Å². The first-order valence-electron chi connectivity index (χ1n) is 9.14. The number of H-pyrrole nitrogens is 1. The van der Waals surface area contributed by atoms with E-state index in [0.29, 0.717) is 27.8 Å². The summed E-state index contributed by atoms with van der Waals surface area (Å²) >= 11 is 6.55. The summed E-state index contributed by atoms with van der Waals surface area (Å²) in [4.78, 5) is 34.5. The summed E-state index contributed by atoms with van der Waals surface area (Å²) in [6, 6.07) is 5.13. The van der Waals surface area contributed by atoms with Crippen molar-refractivity contribution in [3.05, 3.63) is 58.8 Å². The molecule has 1 aromatic carbocycles. The molecule has 2 N–H and O–H groups in total. The lowest BCUT2D eigenvalue weighted by Crippen LogP contribution is -2.51. The van der Waals surface area contributed by atoms with Crippen molar-refractivity contribution in [2.24, 2.45) is 5.92 Å². The number of rotatable bonds is 7. The minimum atomic E-state index is -0.705. The summed E-state index contributed by atoms with van der Waals surface area (Å²) in [5.74, 6) is -1.04. The number of thioether (sulfide) groups is 1. The van der Waals surface area contributed by atoms with Gasteiger partial charge in [-0.05, 0) is 29.7 Å². The zero-order chi connectivity index (χ0) is 21.0. The Labute approximate surface area is 178 Å². The monoisotopic (exact) mass is 432 g/mol. The molecule has 0 spiro atoms. The molecule has 6 nitrogen and oxygen atoms in total. The van der Waals surface area contributed by atoms with Gasteiger partial charge in [0, 0.05) is 24.9 Å². The van der Waals surface area contributed by atoms with Gasteiger partial charge >= 0.3 is 0 Å². The van der Waals surface area contributed by atoms with Crippen molar-refractivity contribution in [2.45, 2.75) is 26.3 Å². The van der Waals surface area contributed by atoms with E-state index in [-0.39, 0.29) is 23.5 Å². The number of carbonyl (C=O) groups is 2. The van der Waals surface area contributed by atoms with Crippen molar-refractivity contribution in [2.75, 3.05) is 6.54 Å². The third-order valence-electron chi connectivity index (χ3n) is 4.42. The van der Waals surface area contributed by atoms with Crippen LogP contribution in [0.5, 0.6) is 0 Å². The predicted octanol–water partition coefficient (Wildman–Crippen LogP) is 3.13. The maximum Gasteiger partial charge on any atom is 0.266 e. The van der Waals surface area contributed by atoms with Gasteiger partial charge in [-0.2, -0.15) is 0 Å². The number of aromatic amines is 1. The van der Waals surface area contributed by atoms with Crippen molar-refractivity contribution >= 4 is 46.2 Å². The Kier molecular flexibility index (Phi) is 6.81. The average molecular weight is 433 g/mol. The van der Waals surface area contributed by atoms with E-state index >= 15 is 0 Å². The molecule has 0 radical (unpaired) electrons. The zero-order valence-corrected chi connectivity index (χ0v) is 17.6. The zero-order valence-electron chi connectivity index (χ0n) is 16.0. The van der Waals surface area contributed by atoms with Gasteiger partial charge < -0.3 is 10.3 Å². The lowest BCUT2D eigenvalue weighted by Gasteiger charge is -2.28. The Balaban J connectivity index is 1.72. The number of imidazole rings is 1. The standard InChI is InChI=1S/C20H21FN4O2S2/c1-12(2)17(18(26)23-8-7-15-10-22-11-24-15)25-19(27)16(29-20(25)28)9-13-3-5-14(21)6-4-13/h3-6,9-12,17H,7-8H2,1-2H3,(H,22,24)(H,23,26). The van der Waals surface area contributed by atoms with Crippen molar-refractivity contribution in [3.63, 3.8) is 0 Å². The Morgan fingerprint density at radius 3 is 2.72 bits per heavy atom. The molecule has 3 rings (SSSR count). The van der Waals surface area contributed by atoms with Crippen LogP contribution in [0.4, 0.5) is 4.39 Å². The number of aromatic nitrogens is 2. The Bertz CT molecular complexity index is 926. The third kappa shape index (κ3) is 5.10. The number of hydrogen-bond acceptors (Lipinski definition) is 5. The van der Waals surface area contributed by atoms with E-state index in [0.717, 1.165) is 17.5 Å². The topological polar surface area (TPSA) is 78.1 Å². The van der Waals surface area contributed by atoms with Gasteiger partial charge in [-0.15, -0.1) is 0 Å². The average Bonchev–Trinajstić information content (AvgIpc) is 3.27. The van der Waals surface area contributed by atoms with Crippen LogP contribution in [-0.4, -0.2) is 43.6 Å². The fourth-order valence-electron chi connectivity index (χ4n) is 2.99. The molecular weight excluding hydrogens is 411 g/mol. The second-order valence-corrected chi connectivity index (χ2v) is 8.59. The van der Waals surface area contributed by atoms with Crippen LogP contribution in [-0.2, 0) is 16.0 Å². The molecule has 9 heteroatoms. The van der Waals surface area contributed by atoms with E-state index in [2.05, 4.69) is 15.3 Å². The van der Waals surface area contributed by atoms with Crippen molar-refractivity contribution < 1.29 is 14.0 Å². The first-order chi connectivity index (χ1) is 13.9. The molecule has 1 aliphatic heterocycles. The van der Waals surface area contributed by atoms with Crippen LogP contribution in [0.3, 0.4) is 0 Å². The molecule has 1 aromatic heterocycles. The highest BCUT2D eigenvalue weighted by Crippen LogP contribution is 2.35. The van der Waals surface area contributed by atoms with Crippen molar-refractivity contribution in [1.29, 1.82) is 0 Å². The number of halogens is 1.